The monoisotopic (exact) mass is 1050 g/mol. The van der Waals surface area contributed by atoms with Crippen molar-refractivity contribution in [2.24, 2.45) is 0 Å². The van der Waals surface area contributed by atoms with E-state index in [4.69, 9.17) is 9.05 Å². The van der Waals surface area contributed by atoms with Crippen LogP contribution in [-0.2, 0) is 18.4 Å². The van der Waals surface area contributed by atoms with E-state index in [0.717, 1.165) is 96.3 Å². The van der Waals surface area contributed by atoms with Crippen molar-refractivity contribution in [3.8, 4) is 0 Å². The summed E-state index contributed by atoms with van der Waals surface area (Å²) in [6.45, 7) is 4.63. The summed E-state index contributed by atoms with van der Waals surface area (Å²) < 4.78 is 23.6. The number of quaternary nitrogens is 1. The molecule has 0 fully saturated rings. The Hall–Kier alpha value is -3.10. The summed E-state index contributed by atoms with van der Waals surface area (Å²) in [5, 5.41) is 13.9. The molecular weight excluding hydrogens is 936 g/mol. The molecule has 3 atom stereocenters. The van der Waals surface area contributed by atoms with Crippen molar-refractivity contribution in [3.63, 3.8) is 0 Å². The molecule has 3 N–H and O–H groups in total. The van der Waals surface area contributed by atoms with Crippen LogP contribution >= 0.6 is 7.82 Å². The number of phosphoric acid groups is 1. The number of nitrogens with one attached hydrogen (secondary N) is 1. The molecule has 74 heavy (non-hydrogen) atoms. The molecule has 8 nitrogen and oxygen atoms in total. The normalized spacial score (nSPS) is 14.7. The maximum absolute atomic E-state index is 13.0. The minimum Gasteiger partial charge on any atom is -0.387 e. The highest BCUT2D eigenvalue weighted by molar-refractivity contribution is 7.47. The summed E-state index contributed by atoms with van der Waals surface area (Å²) in [5.74, 6) is -0.195. The second-order valence-corrected chi connectivity index (χ2v) is 22.4. The Morgan fingerprint density at radius 1 is 0.473 bits per heavy atom. The summed E-state index contributed by atoms with van der Waals surface area (Å²) in [5.41, 5.74) is 0. The molecule has 0 heterocycles. The maximum atomic E-state index is 13.0. The van der Waals surface area contributed by atoms with E-state index in [1.54, 1.807) is 6.08 Å². The number of hydrogen-bond donors (Lipinski definition) is 3. The Balaban J connectivity index is 4.01. The number of phosphoric ester groups is 1. The fourth-order valence-corrected chi connectivity index (χ4v) is 8.73. The highest BCUT2D eigenvalue weighted by Crippen LogP contribution is 2.43. The largest absolute Gasteiger partial charge is 0.472 e. The minimum absolute atomic E-state index is 0.0495. The summed E-state index contributed by atoms with van der Waals surface area (Å²) >= 11 is 0. The zero-order valence-electron chi connectivity index (χ0n) is 48.3. The van der Waals surface area contributed by atoms with E-state index in [2.05, 4.69) is 129 Å². The van der Waals surface area contributed by atoms with Gasteiger partial charge in [-0.2, -0.15) is 0 Å². The number of hydrogen-bond acceptors (Lipinski definition) is 5. The predicted octanol–water partition coefficient (Wildman–Crippen LogP) is 18.5. The number of allylic oxidation sites excluding steroid dienone is 19. The van der Waals surface area contributed by atoms with Gasteiger partial charge < -0.3 is 19.8 Å². The third kappa shape index (κ3) is 56.6. The fourth-order valence-electron chi connectivity index (χ4n) is 7.99. The number of aliphatic hydroxyl groups is 1. The molecule has 0 bridgehead atoms. The molecule has 3 unspecified atom stereocenters. The molecule has 0 aliphatic rings. The molecule has 0 rings (SSSR count). The first-order chi connectivity index (χ1) is 36.0. The number of nitrogens with zero attached hydrogens (tertiary/aromatic N) is 1. The second kappa shape index (κ2) is 54.7. The Kier molecular flexibility index (Phi) is 52.4. The van der Waals surface area contributed by atoms with Crippen LogP contribution in [0.1, 0.15) is 232 Å². The Labute approximate surface area is 456 Å². The molecule has 0 saturated heterocycles. The van der Waals surface area contributed by atoms with Gasteiger partial charge in [0.1, 0.15) is 13.2 Å². The maximum Gasteiger partial charge on any atom is 0.472 e. The fraction of sp³-hybridized carbons (Fsp3) is 0.677. The van der Waals surface area contributed by atoms with Crippen LogP contribution in [0.3, 0.4) is 0 Å². The summed E-state index contributed by atoms with van der Waals surface area (Å²) in [4.78, 5) is 23.2. The molecule has 0 aromatic heterocycles. The number of amides is 1. The van der Waals surface area contributed by atoms with Crippen LogP contribution in [0, 0.1) is 0 Å². The van der Waals surface area contributed by atoms with E-state index in [1.165, 1.54) is 116 Å². The van der Waals surface area contributed by atoms with Crippen LogP contribution in [0.5, 0.6) is 0 Å². The zero-order valence-corrected chi connectivity index (χ0v) is 49.2. The molecule has 0 aliphatic carbocycles. The smallest absolute Gasteiger partial charge is 0.387 e. The van der Waals surface area contributed by atoms with Gasteiger partial charge in [-0.3, -0.25) is 13.8 Å². The first-order valence-corrected chi connectivity index (χ1v) is 31.4. The summed E-state index contributed by atoms with van der Waals surface area (Å²) in [6, 6.07) is -0.874. The molecule has 0 aromatic rings. The highest BCUT2D eigenvalue weighted by Gasteiger charge is 2.27. The van der Waals surface area contributed by atoms with Crippen molar-refractivity contribution >= 4 is 13.7 Å². The van der Waals surface area contributed by atoms with E-state index in [9.17, 15) is 19.4 Å². The van der Waals surface area contributed by atoms with Gasteiger partial charge in [-0.05, 0) is 103 Å². The number of aliphatic hydroxyl groups excluding tert-OH is 1. The lowest BCUT2D eigenvalue weighted by atomic mass is 10.0. The van der Waals surface area contributed by atoms with Gasteiger partial charge in [0.2, 0.25) is 5.91 Å². The molecular formula is C65H114N2O6P+. The number of unbranched alkanes of at least 4 members (excludes halogenated alkanes) is 22. The van der Waals surface area contributed by atoms with Crippen LogP contribution in [0.4, 0.5) is 0 Å². The topological polar surface area (TPSA) is 105 Å². The van der Waals surface area contributed by atoms with E-state index >= 15 is 0 Å². The van der Waals surface area contributed by atoms with Gasteiger partial charge in [-0.1, -0.05) is 245 Å². The Morgan fingerprint density at radius 2 is 0.824 bits per heavy atom. The number of carbonyl (C=O) groups is 1. The summed E-state index contributed by atoms with van der Waals surface area (Å²) in [7, 11) is 1.54. The molecule has 1 amide bonds. The van der Waals surface area contributed by atoms with Crippen LogP contribution < -0.4 is 5.32 Å². The van der Waals surface area contributed by atoms with Crippen molar-refractivity contribution in [1.82, 2.24) is 5.32 Å². The third-order valence-electron chi connectivity index (χ3n) is 12.6. The first-order valence-electron chi connectivity index (χ1n) is 29.9. The zero-order chi connectivity index (χ0) is 54.2. The lowest BCUT2D eigenvalue weighted by molar-refractivity contribution is -0.870. The average Bonchev–Trinajstić information content (AvgIpc) is 3.36. The van der Waals surface area contributed by atoms with Crippen LogP contribution in [0.2, 0.25) is 0 Å². The van der Waals surface area contributed by atoms with Gasteiger partial charge in [0.15, 0.2) is 0 Å². The second-order valence-electron chi connectivity index (χ2n) is 21.0. The molecule has 0 aliphatic heterocycles. The quantitative estimate of drug-likeness (QED) is 0.0243. The van der Waals surface area contributed by atoms with Gasteiger partial charge in [-0.25, -0.2) is 4.57 Å². The van der Waals surface area contributed by atoms with Gasteiger partial charge >= 0.3 is 7.82 Å². The van der Waals surface area contributed by atoms with Crippen LogP contribution in [0.25, 0.3) is 0 Å². The number of carbonyl (C=O) groups excluding carboxylic acids is 1. The van der Waals surface area contributed by atoms with Crippen molar-refractivity contribution < 1.29 is 32.9 Å². The first kappa shape index (κ1) is 70.9. The standard InChI is InChI=1S/C65H113N2O6P/c1-6-8-10-12-14-16-18-20-21-22-23-24-25-26-27-28-29-30-31-32-33-34-35-36-37-38-39-40-41-42-43-44-45-47-49-51-53-55-57-59-65(69)66-63(62-73-74(70,71)72-61-60-67(3,4)5)64(68)58-56-54-52-50-48-46-19-17-15-13-11-9-7-2/h8,10,14-17,20-21,23-24,26-27,29-30,32-33,48,50,56,58,63-64,68H,6-7,9,11-13,18-19,22,25,28,31,34-47,49,51-55,57,59-62H2,1-5H3,(H-,66,69,70,71)/p+1/b10-8-,16-14-,17-15+,21-20-,24-23-,27-26-,30-29-,33-32-,50-48+,58-56+. The third-order valence-corrected chi connectivity index (χ3v) is 13.6. The van der Waals surface area contributed by atoms with Gasteiger partial charge in [0.05, 0.1) is 39.9 Å². The Morgan fingerprint density at radius 3 is 1.24 bits per heavy atom. The van der Waals surface area contributed by atoms with Crippen molar-refractivity contribution in [2.45, 2.75) is 244 Å². The minimum atomic E-state index is -4.36. The van der Waals surface area contributed by atoms with Crippen LogP contribution in [-0.4, -0.2) is 73.4 Å². The molecule has 0 spiro atoms. The van der Waals surface area contributed by atoms with E-state index in [1.807, 2.05) is 27.2 Å². The number of likely N-dealkylation sites (N-methyl/N-ethyl adjacent to an activating group) is 1. The molecule has 0 radical (unpaired) electrons. The average molecular weight is 1050 g/mol. The van der Waals surface area contributed by atoms with Crippen molar-refractivity contribution in [3.05, 3.63) is 122 Å². The molecule has 0 saturated carbocycles. The highest BCUT2D eigenvalue weighted by atomic mass is 31.2. The summed E-state index contributed by atoms with van der Waals surface area (Å²) in [6.07, 6.45) is 81.8. The predicted molar refractivity (Wildman–Crippen MR) is 322 cm³/mol. The van der Waals surface area contributed by atoms with E-state index in [-0.39, 0.29) is 19.1 Å². The van der Waals surface area contributed by atoms with Gasteiger partial charge in [0, 0.05) is 6.42 Å². The van der Waals surface area contributed by atoms with Crippen molar-refractivity contribution in [1.29, 1.82) is 0 Å². The van der Waals surface area contributed by atoms with Gasteiger partial charge in [-0.15, -0.1) is 0 Å². The molecule has 424 valence electrons. The van der Waals surface area contributed by atoms with Crippen LogP contribution in [0.15, 0.2) is 122 Å². The van der Waals surface area contributed by atoms with E-state index in [0.29, 0.717) is 17.4 Å². The SMILES string of the molecule is CC/C=C\C/C=C\C/C=C\C/C=C\C/C=C\C/C=C\C/C=C\CCCCCCCCCCCCCCCCCCCC(=O)NC(COP(=O)(O)OCC[N+](C)(C)C)C(O)/C=C/CC/C=C/CC/C=C/CCCCC. The Bertz CT molecular complexity index is 1620. The molecule has 0 aromatic carbocycles. The molecule has 9 heteroatoms. The lowest BCUT2D eigenvalue weighted by Gasteiger charge is -2.25. The lowest BCUT2D eigenvalue weighted by Crippen LogP contribution is -2.45. The van der Waals surface area contributed by atoms with Gasteiger partial charge in [0.25, 0.3) is 0 Å². The van der Waals surface area contributed by atoms with Crippen molar-refractivity contribution in [2.75, 3.05) is 40.9 Å². The number of rotatable bonds is 53. The van der Waals surface area contributed by atoms with E-state index < -0.39 is 20.0 Å².